The molecule has 0 radical (unpaired) electrons. The molecule has 1 aromatic carbocycles. The van der Waals surface area contributed by atoms with Crippen molar-refractivity contribution < 1.29 is 13.2 Å². The normalized spacial score (nSPS) is 11.5. The fourth-order valence-electron chi connectivity index (χ4n) is 1.66. The molecule has 2 aromatic rings. The standard InChI is InChI=1S/C12H13ClN2O3S/c1-9-7-12(19(13,16)17)14-15(9)8-10-3-5-11(18-2)6-4-10/h3-7H,8H2,1-2H3. The lowest BCUT2D eigenvalue weighted by Crippen LogP contribution is -2.04. The third-order valence-corrected chi connectivity index (χ3v) is 3.87. The van der Waals surface area contributed by atoms with Crippen LogP contribution in [0.5, 0.6) is 5.75 Å². The number of hydrogen-bond donors (Lipinski definition) is 0. The monoisotopic (exact) mass is 300 g/mol. The van der Waals surface area contributed by atoms with Crippen LogP contribution in [-0.2, 0) is 15.6 Å². The predicted molar refractivity (Wildman–Crippen MR) is 72.1 cm³/mol. The Hall–Kier alpha value is -1.53. The van der Waals surface area contributed by atoms with Gasteiger partial charge in [-0.05, 0) is 30.7 Å². The molecule has 0 saturated carbocycles. The van der Waals surface area contributed by atoms with E-state index in [0.29, 0.717) is 6.54 Å². The van der Waals surface area contributed by atoms with Gasteiger partial charge in [-0.15, -0.1) is 0 Å². The minimum atomic E-state index is -3.79. The van der Waals surface area contributed by atoms with Crippen molar-refractivity contribution in [1.82, 2.24) is 9.78 Å². The largest absolute Gasteiger partial charge is 0.497 e. The fourth-order valence-corrected chi connectivity index (χ4v) is 2.40. The summed E-state index contributed by atoms with van der Waals surface area (Å²) in [5.74, 6) is 0.768. The smallest absolute Gasteiger partial charge is 0.280 e. The van der Waals surface area contributed by atoms with Crippen molar-refractivity contribution in [3.8, 4) is 5.75 Å². The van der Waals surface area contributed by atoms with E-state index in [1.165, 1.54) is 6.07 Å². The zero-order valence-corrected chi connectivity index (χ0v) is 12.1. The highest BCUT2D eigenvalue weighted by atomic mass is 35.7. The maximum Gasteiger partial charge on any atom is 0.280 e. The number of hydrogen-bond acceptors (Lipinski definition) is 4. The van der Waals surface area contributed by atoms with E-state index in [1.54, 1.807) is 18.7 Å². The summed E-state index contributed by atoms with van der Waals surface area (Å²) in [6.45, 7) is 2.25. The lowest BCUT2D eigenvalue weighted by Gasteiger charge is -2.05. The van der Waals surface area contributed by atoms with Gasteiger partial charge < -0.3 is 4.74 Å². The molecule has 0 atom stereocenters. The maximum atomic E-state index is 11.2. The van der Waals surface area contributed by atoms with Crippen LogP contribution in [0.25, 0.3) is 0 Å². The van der Waals surface area contributed by atoms with E-state index in [4.69, 9.17) is 15.4 Å². The molecule has 0 N–H and O–H groups in total. The Bertz CT molecular complexity index is 678. The lowest BCUT2D eigenvalue weighted by atomic mass is 10.2. The lowest BCUT2D eigenvalue weighted by molar-refractivity contribution is 0.414. The SMILES string of the molecule is COc1ccc(Cn2nc(S(=O)(=O)Cl)cc2C)cc1. The molecule has 0 saturated heterocycles. The summed E-state index contributed by atoms with van der Waals surface area (Å²) in [6, 6.07) is 8.93. The number of aryl methyl sites for hydroxylation is 1. The molecule has 0 spiro atoms. The zero-order valence-electron chi connectivity index (χ0n) is 10.5. The molecular formula is C12H13ClN2O3S. The second-order valence-electron chi connectivity index (χ2n) is 4.07. The van der Waals surface area contributed by atoms with Crippen LogP contribution in [0.3, 0.4) is 0 Å². The molecule has 0 fully saturated rings. The number of halogens is 1. The summed E-state index contributed by atoms with van der Waals surface area (Å²) < 4.78 is 29.1. The van der Waals surface area contributed by atoms with Gasteiger partial charge in [-0.1, -0.05) is 12.1 Å². The van der Waals surface area contributed by atoms with Gasteiger partial charge >= 0.3 is 0 Å². The van der Waals surface area contributed by atoms with Crippen molar-refractivity contribution in [2.75, 3.05) is 7.11 Å². The molecule has 102 valence electrons. The number of rotatable bonds is 4. The molecule has 0 aliphatic rings. The molecule has 1 aromatic heterocycles. The van der Waals surface area contributed by atoms with Gasteiger partial charge in [0, 0.05) is 16.4 Å². The molecular weight excluding hydrogens is 288 g/mol. The molecule has 0 unspecified atom stereocenters. The van der Waals surface area contributed by atoms with E-state index in [2.05, 4.69) is 5.10 Å². The second-order valence-corrected chi connectivity index (χ2v) is 6.58. The highest BCUT2D eigenvalue weighted by Crippen LogP contribution is 2.17. The van der Waals surface area contributed by atoms with Crippen LogP contribution in [-0.4, -0.2) is 25.3 Å². The van der Waals surface area contributed by atoms with Crippen LogP contribution in [0.1, 0.15) is 11.3 Å². The Morgan fingerprint density at radius 1 is 1.32 bits per heavy atom. The van der Waals surface area contributed by atoms with Crippen molar-refractivity contribution in [3.63, 3.8) is 0 Å². The molecule has 2 rings (SSSR count). The molecule has 19 heavy (non-hydrogen) atoms. The highest BCUT2D eigenvalue weighted by Gasteiger charge is 2.16. The Balaban J connectivity index is 2.25. The quantitative estimate of drug-likeness (QED) is 0.812. The summed E-state index contributed by atoms with van der Waals surface area (Å²) in [6.07, 6.45) is 0. The Morgan fingerprint density at radius 3 is 2.42 bits per heavy atom. The molecule has 1 heterocycles. The molecule has 7 heteroatoms. The number of benzene rings is 1. The zero-order chi connectivity index (χ0) is 14.0. The van der Waals surface area contributed by atoms with Gasteiger partial charge in [-0.25, -0.2) is 8.42 Å². The first-order valence-corrected chi connectivity index (χ1v) is 7.83. The van der Waals surface area contributed by atoms with Gasteiger partial charge in [0.05, 0.1) is 13.7 Å². The van der Waals surface area contributed by atoms with Gasteiger partial charge in [-0.3, -0.25) is 4.68 Å². The van der Waals surface area contributed by atoms with Crippen LogP contribution in [0.2, 0.25) is 0 Å². The van der Waals surface area contributed by atoms with E-state index in [1.807, 2.05) is 24.3 Å². The van der Waals surface area contributed by atoms with Crippen molar-refractivity contribution in [2.24, 2.45) is 0 Å². The summed E-state index contributed by atoms with van der Waals surface area (Å²) in [7, 11) is 3.08. The number of ether oxygens (including phenoxy) is 1. The van der Waals surface area contributed by atoms with Crippen LogP contribution in [0.4, 0.5) is 0 Å². The van der Waals surface area contributed by atoms with E-state index in [-0.39, 0.29) is 5.03 Å². The Kier molecular flexibility index (Phi) is 3.82. The third-order valence-electron chi connectivity index (χ3n) is 2.70. The fraction of sp³-hybridized carbons (Fsp3) is 0.250. The maximum absolute atomic E-state index is 11.2. The van der Waals surface area contributed by atoms with Gasteiger partial charge in [0.1, 0.15) is 5.75 Å². The minimum Gasteiger partial charge on any atom is -0.497 e. The molecule has 0 amide bonds. The van der Waals surface area contributed by atoms with E-state index < -0.39 is 9.05 Å². The Labute approximate surface area is 116 Å². The highest BCUT2D eigenvalue weighted by molar-refractivity contribution is 8.13. The number of aromatic nitrogens is 2. The topological polar surface area (TPSA) is 61.2 Å². The van der Waals surface area contributed by atoms with Crippen molar-refractivity contribution in [3.05, 3.63) is 41.6 Å². The van der Waals surface area contributed by atoms with Gasteiger partial charge in [0.15, 0.2) is 5.03 Å². The first-order valence-electron chi connectivity index (χ1n) is 5.52. The first-order chi connectivity index (χ1) is 8.90. The summed E-state index contributed by atoms with van der Waals surface area (Å²) in [5, 5.41) is 3.86. The predicted octanol–water partition coefficient (Wildman–Crippen LogP) is 2.18. The van der Waals surface area contributed by atoms with Gasteiger partial charge in [0.25, 0.3) is 9.05 Å². The van der Waals surface area contributed by atoms with Crippen LogP contribution >= 0.6 is 10.7 Å². The van der Waals surface area contributed by atoms with Crippen LogP contribution in [0, 0.1) is 6.92 Å². The first kappa shape index (κ1) is 13.9. The third kappa shape index (κ3) is 3.27. The Morgan fingerprint density at radius 2 is 1.95 bits per heavy atom. The van der Waals surface area contributed by atoms with Crippen LogP contribution in [0.15, 0.2) is 35.4 Å². The minimum absolute atomic E-state index is 0.125. The number of nitrogens with zero attached hydrogens (tertiary/aromatic N) is 2. The summed E-state index contributed by atoms with van der Waals surface area (Å²) in [5.41, 5.74) is 1.72. The average molecular weight is 301 g/mol. The average Bonchev–Trinajstić information content (AvgIpc) is 2.72. The number of methoxy groups -OCH3 is 1. The van der Waals surface area contributed by atoms with E-state index >= 15 is 0 Å². The van der Waals surface area contributed by atoms with Crippen LogP contribution < -0.4 is 4.74 Å². The second kappa shape index (κ2) is 5.22. The molecule has 0 aliphatic heterocycles. The van der Waals surface area contributed by atoms with Gasteiger partial charge in [-0.2, -0.15) is 5.10 Å². The van der Waals surface area contributed by atoms with Gasteiger partial charge in [0.2, 0.25) is 0 Å². The van der Waals surface area contributed by atoms with E-state index in [0.717, 1.165) is 17.0 Å². The summed E-state index contributed by atoms with van der Waals surface area (Å²) >= 11 is 0. The molecule has 0 aliphatic carbocycles. The molecule has 5 nitrogen and oxygen atoms in total. The van der Waals surface area contributed by atoms with E-state index in [9.17, 15) is 8.42 Å². The summed E-state index contributed by atoms with van der Waals surface area (Å²) in [4.78, 5) is 0. The molecule has 0 bridgehead atoms. The van der Waals surface area contributed by atoms with Crippen molar-refractivity contribution in [2.45, 2.75) is 18.5 Å². The van der Waals surface area contributed by atoms with Crippen molar-refractivity contribution in [1.29, 1.82) is 0 Å². The van der Waals surface area contributed by atoms with Crippen molar-refractivity contribution >= 4 is 19.7 Å².